The van der Waals surface area contributed by atoms with Gasteiger partial charge in [0.05, 0.1) is 16.6 Å². The van der Waals surface area contributed by atoms with Crippen LogP contribution in [0.15, 0.2) is 18.2 Å². The van der Waals surface area contributed by atoms with Gasteiger partial charge in [-0.05, 0) is 18.2 Å². The van der Waals surface area contributed by atoms with Crippen molar-refractivity contribution < 1.29 is 14.1 Å². The number of aromatic nitrogens is 2. The van der Waals surface area contributed by atoms with Crippen LogP contribution in [-0.4, -0.2) is 36.8 Å². The number of rotatable bonds is 5. The highest BCUT2D eigenvalue weighted by molar-refractivity contribution is 7.84. The summed E-state index contributed by atoms with van der Waals surface area (Å²) in [5.41, 5.74) is 1.80. The number of carboxylic acid groups (broad SMARTS) is 1. The van der Waals surface area contributed by atoms with Crippen molar-refractivity contribution in [2.24, 2.45) is 0 Å². The fourth-order valence-corrected chi connectivity index (χ4v) is 2.62. The normalized spacial score (nSPS) is 13.0. The summed E-state index contributed by atoms with van der Waals surface area (Å²) in [6.07, 6.45) is 1.68. The van der Waals surface area contributed by atoms with Crippen molar-refractivity contribution in [1.82, 2.24) is 9.55 Å². The summed E-state index contributed by atoms with van der Waals surface area (Å²) in [5.74, 6) is 0.724. The molecule has 0 amide bonds. The van der Waals surface area contributed by atoms with Gasteiger partial charge < -0.3 is 9.67 Å². The maximum absolute atomic E-state index is 11.3. The number of imidazole rings is 1. The van der Waals surface area contributed by atoms with Crippen LogP contribution in [0, 0.1) is 0 Å². The summed E-state index contributed by atoms with van der Waals surface area (Å²) in [6.45, 7) is 4.71. The van der Waals surface area contributed by atoms with Crippen LogP contribution in [0.5, 0.6) is 0 Å². The monoisotopic (exact) mass is 294 g/mol. The number of aromatic carboxylic acids is 1. The lowest BCUT2D eigenvalue weighted by Crippen LogP contribution is -2.10. The molecular formula is C14H18N2O3S. The van der Waals surface area contributed by atoms with Gasteiger partial charge in [0.2, 0.25) is 0 Å². The molecule has 0 saturated carbocycles. The Labute approximate surface area is 120 Å². The van der Waals surface area contributed by atoms with Gasteiger partial charge >= 0.3 is 5.97 Å². The summed E-state index contributed by atoms with van der Waals surface area (Å²) in [4.78, 5) is 15.5. The molecule has 1 atom stereocenters. The van der Waals surface area contributed by atoms with Gasteiger partial charge in [-0.15, -0.1) is 0 Å². The Bertz CT molecular complexity index is 676. The third-order valence-corrected chi connectivity index (χ3v) is 3.90. The van der Waals surface area contributed by atoms with Crippen LogP contribution in [-0.2, 0) is 17.3 Å². The van der Waals surface area contributed by atoms with E-state index in [1.807, 2.05) is 18.4 Å². The third-order valence-electron chi connectivity index (χ3n) is 3.14. The predicted octanol–water partition coefficient (Wildman–Crippen LogP) is 2.24. The molecule has 0 radical (unpaired) electrons. The minimum absolute atomic E-state index is 0.223. The molecule has 0 spiro atoms. The topological polar surface area (TPSA) is 72.2 Å². The van der Waals surface area contributed by atoms with Gasteiger partial charge in [-0.3, -0.25) is 4.21 Å². The second kappa shape index (κ2) is 5.75. The molecule has 1 aromatic carbocycles. The first-order valence-electron chi connectivity index (χ1n) is 6.43. The molecule has 0 aliphatic heterocycles. The van der Waals surface area contributed by atoms with Crippen LogP contribution in [0.3, 0.4) is 0 Å². The Hall–Kier alpha value is -1.69. The molecular weight excluding hydrogens is 276 g/mol. The molecule has 1 N–H and O–H groups in total. The Morgan fingerprint density at radius 1 is 1.45 bits per heavy atom. The molecule has 0 aliphatic carbocycles. The van der Waals surface area contributed by atoms with Gasteiger partial charge in [0.1, 0.15) is 5.82 Å². The van der Waals surface area contributed by atoms with Crippen molar-refractivity contribution in [2.45, 2.75) is 26.3 Å². The van der Waals surface area contributed by atoms with E-state index in [0.29, 0.717) is 17.8 Å². The van der Waals surface area contributed by atoms with Gasteiger partial charge in [0.15, 0.2) is 0 Å². The highest BCUT2D eigenvalue weighted by Gasteiger charge is 2.15. The number of aryl methyl sites for hydroxylation is 1. The van der Waals surface area contributed by atoms with E-state index in [9.17, 15) is 9.00 Å². The first kappa shape index (κ1) is 14.7. The highest BCUT2D eigenvalue weighted by Crippen LogP contribution is 2.23. The van der Waals surface area contributed by atoms with Crippen LogP contribution >= 0.6 is 0 Å². The Balaban J connectivity index is 2.54. The van der Waals surface area contributed by atoms with Crippen LogP contribution in [0.2, 0.25) is 0 Å². The molecule has 0 aliphatic rings. The lowest BCUT2D eigenvalue weighted by molar-refractivity contribution is 0.0697. The minimum Gasteiger partial charge on any atom is -0.478 e. The van der Waals surface area contributed by atoms with Crippen molar-refractivity contribution in [3.8, 4) is 0 Å². The van der Waals surface area contributed by atoms with Crippen LogP contribution in [0.1, 0.15) is 35.9 Å². The molecule has 2 aromatic rings. The van der Waals surface area contributed by atoms with Crippen molar-refractivity contribution in [1.29, 1.82) is 0 Å². The highest BCUT2D eigenvalue weighted by atomic mass is 32.2. The van der Waals surface area contributed by atoms with E-state index in [1.54, 1.807) is 24.5 Å². The van der Waals surface area contributed by atoms with Crippen LogP contribution in [0.25, 0.3) is 11.0 Å². The average molecular weight is 294 g/mol. The SMILES string of the molecule is CC(C)c1nc2cc(C(=O)O)ccc2n1CCS(C)=O. The molecule has 0 bridgehead atoms. The largest absolute Gasteiger partial charge is 0.478 e. The van der Waals surface area contributed by atoms with Gasteiger partial charge in [-0.2, -0.15) is 0 Å². The Morgan fingerprint density at radius 2 is 2.15 bits per heavy atom. The van der Waals surface area contributed by atoms with E-state index in [0.717, 1.165) is 11.3 Å². The fraction of sp³-hybridized carbons (Fsp3) is 0.429. The summed E-state index contributed by atoms with van der Waals surface area (Å²) in [7, 11) is -0.869. The van der Waals surface area contributed by atoms with Gasteiger partial charge in [-0.1, -0.05) is 13.8 Å². The lowest BCUT2D eigenvalue weighted by atomic mass is 10.2. The number of carbonyl (C=O) groups is 1. The molecule has 1 heterocycles. The van der Waals surface area contributed by atoms with E-state index in [1.165, 1.54) is 0 Å². The van der Waals surface area contributed by atoms with Gasteiger partial charge in [-0.25, -0.2) is 9.78 Å². The molecule has 1 unspecified atom stereocenters. The van der Waals surface area contributed by atoms with Crippen molar-refractivity contribution in [3.63, 3.8) is 0 Å². The number of hydrogen-bond donors (Lipinski definition) is 1. The zero-order valence-electron chi connectivity index (χ0n) is 11.8. The predicted molar refractivity (Wildman–Crippen MR) is 79.7 cm³/mol. The zero-order valence-corrected chi connectivity index (χ0v) is 12.6. The molecule has 108 valence electrons. The van der Waals surface area contributed by atoms with Crippen molar-refractivity contribution >= 4 is 27.8 Å². The standard InChI is InChI=1S/C14H18N2O3S/c1-9(2)13-15-11-8-10(14(17)18)4-5-12(11)16(13)6-7-20(3)19/h4-5,8-9H,6-7H2,1-3H3,(H,17,18). The Morgan fingerprint density at radius 3 is 2.70 bits per heavy atom. The van der Waals surface area contributed by atoms with Gasteiger partial charge in [0.25, 0.3) is 0 Å². The summed E-state index contributed by atoms with van der Waals surface area (Å²) >= 11 is 0. The maximum atomic E-state index is 11.3. The van der Waals surface area contributed by atoms with E-state index in [2.05, 4.69) is 4.98 Å². The van der Waals surface area contributed by atoms with Crippen LogP contribution in [0.4, 0.5) is 0 Å². The van der Waals surface area contributed by atoms with E-state index < -0.39 is 16.8 Å². The van der Waals surface area contributed by atoms with Gasteiger partial charge in [0, 0.05) is 35.3 Å². The molecule has 1 aromatic heterocycles. The van der Waals surface area contributed by atoms with E-state index in [-0.39, 0.29) is 11.5 Å². The summed E-state index contributed by atoms with van der Waals surface area (Å²) in [5, 5.41) is 9.03. The fourth-order valence-electron chi connectivity index (χ4n) is 2.18. The smallest absolute Gasteiger partial charge is 0.335 e. The van der Waals surface area contributed by atoms with Crippen molar-refractivity contribution in [3.05, 3.63) is 29.6 Å². The first-order chi connectivity index (χ1) is 9.40. The van der Waals surface area contributed by atoms with E-state index >= 15 is 0 Å². The first-order valence-corrected chi connectivity index (χ1v) is 8.16. The molecule has 20 heavy (non-hydrogen) atoms. The molecule has 0 fully saturated rings. The summed E-state index contributed by atoms with van der Waals surface area (Å²) in [6, 6.07) is 4.94. The molecule has 5 nitrogen and oxygen atoms in total. The van der Waals surface area contributed by atoms with Crippen LogP contribution < -0.4 is 0 Å². The van der Waals surface area contributed by atoms with Crippen molar-refractivity contribution in [2.75, 3.05) is 12.0 Å². The quantitative estimate of drug-likeness (QED) is 0.918. The Kier molecular flexibility index (Phi) is 4.23. The third kappa shape index (κ3) is 2.90. The maximum Gasteiger partial charge on any atom is 0.335 e. The molecule has 6 heteroatoms. The second-order valence-corrected chi connectivity index (χ2v) is 6.62. The summed E-state index contributed by atoms with van der Waals surface area (Å²) < 4.78 is 13.3. The molecule has 2 rings (SSSR count). The number of hydrogen-bond acceptors (Lipinski definition) is 3. The van der Waals surface area contributed by atoms with E-state index in [4.69, 9.17) is 5.11 Å². The number of nitrogens with zero attached hydrogens (tertiary/aromatic N) is 2. The zero-order chi connectivity index (χ0) is 14.9. The number of carboxylic acids is 1. The second-order valence-electron chi connectivity index (χ2n) is 5.06. The number of benzene rings is 1. The molecule has 0 saturated heterocycles. The lowest BCUT2D eigenvalue weighted by Gasteiger charge is -2.10. The number of fused-ring (bicyclic) bond motifs is 1. The minimum atomic E-state index is -0.956. The average Bonchev–Trinajstić information content (AvgIpc) is 2.73.